The lowest BCUT2D eigenvalue weighted by Crippen LogP contribution is -2.39. The quantitative estimate of drug-likeness (QED) is 0.418. The van der Waals surface area contributed by atoms with Crippen molar-refractivity contribution in [3.8, 4) is 5.75 Å². The Morgan fingerprint density at radius 3 is 2.21 bits per heavy atom. The maximum Gasteiger partial charge on any atom is 0.270 e. The first-order valence-corrected chi connectivity index (χ1v) is 5.32. The van der Waals surface area contributed by atoms with Crippen molar-refractivity contribution >= 4 is 17.5 Å². The third kappa shape index (κ3) is 3.95. The van der Waals surface area contributed by atoms with E-state index >= 15 is 0 Å². The standard InChI is InChI=1S/C11H13N3O5/c1-6(15)12-11(13-7(2)16)9-5-8(14(18)19)3-4-10(9)17/h3-5,11,17H,1-2H3,(H,12,15)(H,13,16). The van der Waals surface area contributed by atoms with E-state index in [1.165, 1.54) is 13.8 Å². The minimum atomic E-state index is -1.03. The lowest BCUT2D eigenvalue weighted by Gasteiger charge is -2.19. The molecular weight excluding hydrogens is 254 g/mol. The van der Waals surface area contributed by atoms with E-state index in [-0.39, 0.29) is 17.0 Å². The molecular formula is C11H13N3O5. The van der Waals surface area contributed by atoms with Crippen molar-refractivity contribution in [2.45, 2.75) is 20.0 Å². The van der Waals surface area contributed by atoms with Gasteiger partial charge in [0.15, 0.2) is 0 Å². The summed E-state index contributed by atoms with van der Waals surface area (Å²) >= 11 is 0. The monoisotopic (exact) mass is 267 g/mol. The first kappa shape index (κ1) is 14.4. The molecule has 0 saturated carbocycles. The van der Waals surface area contributed by atoms with Crippen molar-refractivity contribution in [2.24, 2.45) is 0 Å². The van der Waals surface area contributed by atoms with Gasteiger partial charge in [0.1, 0.15) is 11.9 Å². The van der Waals surface area contributed by atoms with Crippen molar-refractivity contribution < 1.29 is 19.6 Å². The molecule has 1 rings (SSSR count). The van der Waals surface area contributed by atoms with E-state index in [2.05, 4.69) is 10.6 Å². The Morgan fingerprint density at radius 1 is 1.26 bits per heavy atom. The highest BCUT2D eigenvalue weighted by Crippen LogP contribution is 2.27. The third-order valence-corrected chi connectivity index (χ3v) is 2.23. The molecule has 1 aromatic carbocycles. The van der Waals surface area contributed by atoms with Gasteiger partial charge in [0.05, 0.1) is 4.92 Å². The van der Waals surface area contributed by atoms with Crippen molar-refractivity contribution in [3.63, 3.8) is 0 Å². The third-order valence-electron chi connectivity index (χ3n) is 2.23. The van der Waals surface area contributed by atoms with Gasteiger partial charge < -0.3 is 15.7 Å². The molecule has 0 heterocycles. The average Bonchev–Trinajstić information content (AvgIpc) is 2.27. The molecule has 3 N–H and O–H groups in total. The molecule has 0 aromatic heterocycles. The summed E-state index contributed by atoms with van der Waals surface area (Å²) in [6, 6.07) is 3.34. The molecule has 0 unspecified atom stereocenters. The zero-order chi connectivity index (χ0) is 14.6. The van der Waals surface area contributed by atoms with Gasteiger partial charge in [0, 0.05) is 31.5 Å². The first-order valence-electron chi connectivity index (χ1n) is 5.32. The van der Waals surface area contributed by atoms with Crippen LogP contribution < -0.4 is 10.6 Å². The van der Waals surface area contributed by atoms with Crippen molar-refractivity contribution in [2.75, 3.05) is 0 Å². The molecule has 1 aromatic rings. The molecule has 102 valence electrons. The van der Waals surface area contributed by atoms with Crippen molar-refractivity contribution in [1.82, 2.24) is 10.6 Å². The largest absolute Gasteiger partial charge is 0.508 e. The van der Waals surface area contributed by atoms with Crippen LogP contribution in [0.25, 0.3) is 0 Å². The number of phenolic OH excluding ortho intramolecular Hbond substituents is 1. The molecule has 0 aliphatic heterocycles. The summed E-state index contributed by atoms with van der Waals surface area (Å²) in [7, 11) is 0. The zero-order valence-electron chi connectivity index (χ0n) is 10.3. The second-order valence-corrected chi connectivity index (χ2v) is 3.83. The molecule has 0 fully saturated rings. The fraction of sp³-hybridized carbons (Fsp3) is 0.273. The molecule has 19 heavy (non-hydrogen) atoms. The normalized spacial score (nSPS) is 10.1. The average molecular weight is 267 g/mol. The van der Waals surface area contributed by atoms with Gasteiger partial charge in [-0.3, -0.25) is 19.7 Å². The van der Waals surface area contributed by atoms with Gasteiger partial charge in [-0.05, 0) is 6.07 Å². The molecule has 0 saturated heterocycles. The Kier molecular flexibility index (Phi) is 4.41. The van der Waals surface area contributed by atoms with Gasteiger partial charge in [-0.1, -0.05) is 0 Å². The minimum absolute atomic E-state index is 0.0413. The number of carbonyl (C=O) groups is 2. The van der Waals surface area contributed by atoms with Gasteiger partial charge >= 0.3 is 0 Å². The number of benzene rings is 1. The molecule has 2 amide bonds. The highest BCUT2D eigenvalue weighted by Gasteiger charge is 2.20. The highest BCUT2D eigenvalue weighted by molar-refractivity contribution is 5.77. The Bertz CT molecular complexity index is 513. The summed E-state index contributed by atoms with van der Waals surface area (Å²) in [5, 5.41) is 25.1. The Hall–Kier alpha value is -2.64. The number of non-ortho nitro benzene ring substituents is 1. The van der Waals surface area contributed by atoms with Gasteiger partial charge in [0.25, 0.3) is 5.69 Å². The molecule has 8 nitrogen and oxygen atoms in total. The molecule has 0 atom stereocenters. The van der Waals surface area contributed by atoms with E-state index in [0.717, 1.165) is 18.2 Å². The number of nitrogens with one attached hydrogen (secondary N) is 2. The Morgan fingerprint density at radius 2 is 1.79 bits per heavy atom. The second-order valence-electron chi connectivity index (χ2n) is 3.83. The smallest absolute Gasteiger partial charge is 0.270 e. The molecule has 0 aliphatic rings. The van der Waals surface area contributed by atoms with E-state index in [1.807, 2.05) is 0 Å². The molecule has 0 spiro atoms. The number of nitro benzene ring substituents is 1. The number of hydrogen-bond acceptors (Lipinski definition) is 5. The predicted octanol–water partition coefficient (Wildman–Crippen LogP) is 0.571. The van der Waals surface area contributed by atoms with Crippen LogP contribution in [0.15, 0.2) is 18.2 Å². The molecule has 0 aliphatic carbocycles. The molecule has 0 bridgehead atoms. The fourth-order valence-electron chi connectivity index (χ4n) is 1.48. The van der Waals surface area contributed by atoms with Gasteiger partial charge in [0.2, 0.25) is 11.8 Å². The SMILES string of the molecule is CC(=O)NC(NC(C)=O)c1cc([N+](=O)[O-])ccc1O. The molecule has 0 radical (unpaired) electrons. The number of rotatable bonds is 4. The summed E-state index contributed by atoms with van der Waals surface area (Å²) in [5.41, 5.74) is -0.215. The summed E-state index contributed by atoms with van der Waals surface area (Å²) in [5.74, 6) is -1.17. The topological polar surface area (TPSA) is 122 Å². The summed E-state index contributed by atoms with van der Waals surface area (Å²) in [4.78, 5) is 32.2. The van der Waals surface area contributed by atoms with E-state index < -0.39 is 22.9 Å². The number of nitrogens with zero attached hydrogens (tertiary/aromatic N) is 1. The van der Waals surface area contributed by atoms with Crippen LogP contribution in [0.3, 0.4) is 0 Å². The van der Waals surface area contributed by atoms with E-state index in [1.54, 1.807) is 0 Å². The lowest BCUT2D eigenvalue weighted by molar-refractivity contribution is -0.385. The van der Waals surface area contributed by atoms with Crippen LogP contribution in [0, 0.1) is 10.1 Å². The first-order chi connectivity index (χ1) is 8.81. The number of carbonyl (C=O) groups excluding carboxylic acids is 2. The Labute approximate surface area is 108 Å². The number of hydrogen-bond donors (Lipinski definition) is 3. The number of phenols is 1. The van der Waals surface area contributed by atoms with E-state index in [0.29, 0.717) is 0 Å². The fourth-order valence-corrected chi connectivity index (χ4v) is 1.48. The van der Waals surface area contributed by atoms with E-state index in [9.17, 15) is 24.8 Å². The van der Waals surface area contributed by atoms with Gasteiger partial charge in [-0.25, -0.2) is 0 Å². The van der Waals surface area contributed by atoms with Crippen LogP contribution in [0.4, 0.5) is 5.69 Å². The van der Waals surface area contributed by atoms with Crippen LogP contribution in [-0.4, -0.2) is 21.8 Å². The van der Waals surface area contributed by atoms with Crippen LogP contribution in [0.2, 0.25) is 0 Å². The van der Waals surface area contributed by atoms with Crippen molar-refractivity contribution in [1.29, 1.82) is 0 Å². The van der Waals surface area contributed by atoms with Crippen LogP contribution in [0.1, 0.15) is 25.6 Å². The number of aromatic hydroxyl groups is 1. The van der Waals surface area contributed by atoms with Crippen LogP contribution in [-0.2, 0) is 9.59 Å². The number of amides is 2. The maximum absolute atomic E-state index is 11.1. The Balaban J connectivity index is 3.19. The van der Waals surface area contributed by atoms with Crippen molar-refractivity contribution in [3.05, 3.63) is 33.9 Å². The summed E-state index contributed by atoms with van der Waals surface area (Å²) in [6.45, 7) is 2.45. The molecule has 8 heteroatoms. The maximum atomic E-state index is 11.1. The van der Waals surface area contributed by atoms with Crippen LogP contribution in [0.5, 0.6) is 5.75 Å². The number of nitro groups is 1. The lowest BCUT2D eigenvalue weighted by atomic mass is 10.1. The second kappa shape index (κ2) is 5.80. The van der Waals surface area contributed by atoms with Crippen LogP contribution >= 0.6 is 0 Å². The summed E-state index contributed by atoms with van der Waals surface area (Å²) in [6.07, 6.45) is -1.03. The summed E-state index contributed by atoms with van der Waals surface area (Å²) < 4.78 is 0. The zero-order valence-corrected chi connectivity index (χ0v) is 10.3. The predicted molar refractivity (Wildman–Crippen MR) is 65.1 cm³/mol. The van der Waals surface area contributed by atoms with E-state index in [4.69, 9.17) is 0 Å². The van der Waals surface area contributed by atoms with Gasteiger partial charge in [-0.2, -0.15) is 0 Å². The highest BCUT2D eigenvalue weighted by atomic mass is 16.6. The minimum Gasteiger partial charge on any atom is -0.508 e. The van der Waals surface area contributed by atoms with Gasteiger partial charge in [-0.15, -0.1) is 0 Å².